The van der Waals surface area contributed by atoms with Gasteiger partial charge >= 0.3 is 5.97 Å². The Kier molecular flexibility index (Phi) is 7.70. The molecule has 0 spiro atoms. The van der Waals surface area contributed by atoms with Crippen LogP contribution in [0.5, 0.6) is 11.5 Å². The first-order chi connectivity index (χ1) is 13.4. The normalized spacial score (nSPS) is 11.5. The highest BCUT2D eigenvalue weighted by molar-refractivity contribution is 6.32. The van der Waals surface area contributed by atoms with Crippen molar-refractivity contribution in [1.29, 1.82) is 0 Å². The van der Waals surface area contributed by atoms with E-state index < -0.39 is 5.97 Å². The third-order valence-electron chi connectivity index (χ3n) is 4.34. The van der Waals surface area contributed by atoms with Crippen molar-refractivity contribution in [3.63, 3.8) is 0 Å². The summed E-state index contributed by atoms with van der Waals surface area (Å²) < 4.78 is 15.8. The number of ether oxygens (including phenoxy) is 3. The highest BCUT2D eigenvalue weighted by Crippen LogP contribution is 2.36. The fourth-order valence-electron chi connectivity index (χ4n) is 2.61. The first-order valence-corrected chi connectivity index (χ1v) is 9.24. The third kappa shape index (κ3) is 5.16. The van der Waals surface area contributed by atoms with Crippen LogP contribution >= 0.6 is 11.6 Å². The first-order valence-electron chi connectivity index (χ1n) is 8.87. The minimum Gasteiger partial charge on any atom is -0.493 e. The molecule has 2 rings (SSSR count). The van der Waals surface area contributed by atoms with Crippen molar-refractivity contribution in [3.8, 4) is 11.5 Å². The van der Waals surface area contributed by atoms with Crippen molar-refractivity contribution in [3.05, 3.63) is 58.6 Å². The summed E-state index contributed by atoms with van der Waals surface area (Å²) in [6, 6.07) is 12.4. The van der Waals surface area contributed by atoms with E-state index >= 15 is 0 Å². The Morgan fingerprint density at radius 2 is 1.86 bits per heavy atom. The van der Waals surface area contributed by atoms with Gasteiger partial charge in [0.2, 0.25) is 0 Å². The van der Waals surface area contributed by atoms with Gasteiger partial charge < -0.3 is 19.1 Å². The molecule has 1 unspecified atom stereocenters. The largest absolute Gasteiger partial charge is 0.493 e. The van der Waals surface area contributed by atoms with Gasteiger partial charge in [0.25, 0.3) is 5.91 Å². The molecule has 150 valence electrons. The molecule has 2 aromatic rings. The van der Waals surface area contributed by atoms with Crippen molar-refractivity contribution < 1.29 is 23.8 Å². The molecule has 2 aromatic carbocycles. The van der Waals surface area contributed by atoms with E-state index in [1.54, 1.807) is 7.05 Å². The maximum Gasteiger partial charge on any atom is 0.338 e. The fourth-order valence-corrected chi connectivity index (χ4v) is 2.87. The molecule has 0 heterocycles. The van der Waals surface area contributed by atoms with E-state index in [1.165, 1.54) is 24.1 Å². The van der Waals surface area contributed by atoms with Crippen molar-refractivity contribution >= 4 is 23.5 Å². The minimum absolute atomic E-state index is 0.146. The monoisotopic (exact) mass is 405 g/mol. The third-order valence-corrected chi connectivity index (χ3v) is 4.62. The Morgan fingerprint density at radius 1 is 1.18 bits per heavy atom. The number of rotatable bonds is 8. The Morgan fingerprint density at radius 3 is 2.46 bits per heavy atom. The van der Waals surface area contributed by atoms with Crippen molar-refractivity contribution in [2.24, 2.45) is 0 Å². The molecule has 6 nitrogen and oxygen atoms in total. The van der Waals surface area contributed by atoms with Crippen LogP contribution in [0.1, 0.15) is 35.8 Å². The second-order valence-corrected chi connectivity index (χ2v) is 6.50. The Bertz CT molecular complexity index is 825. The number of carbonyl (C=O) groups excluding carboxylic acids is 2. The predicted octanol–water partition coefficient (Wildman–Crippen LogP) is 4.12. The highest BCUT2D eigenvalue weighted by Gasteiger charge is 2.21. The van der Waals surface area contributed by atoms with Gasteiger partial charge in [-0.2, -0.15) is 0 Å². The number of halogens is 1. The summed E-state index contributed by atoms with van der Waals surface area (Å²) in [4.78, 5) is 26.3. The van der Waals surface area contributed by atoms with Gasteiger partial charge in [-0.25, -0.2) is 4.79 Å². The van der Waals surface area contributed by atoms with Gasteiger partial charge in [-0.3, -0.25) is 4.79 Å². The number of nitrogens with zero attached hydrogens (tertiary/aromatic N) is 1. The second-order valence-electron chi connectivity index (χ2n) is 6.09. The van der Waals surface area contributed by atoms with Crippen molar-refractivity contribution in [1.82, 2.24) is 4.90 Å². The summed E-state index contributed by atoms with van der Waals surface area (Å²) in [6.07, 6.45) is 0. The molecule has 0 N–H and O–H groups in total. The number of amides is 1. The molecule has 7 heteroatoms. The van der Waals surface area contributed by atoms with Crippen LogP contribution in [0.2, 0.25) is 5.02 Å². The van der Waals surface area contributed by atoms with Crippen LogP contribution < -0.4 is 9.47 Å². The lowest BCUT2D eigenvalue weighted by Gasteiger charge is -2.25. The molecule has 0 fully saturated rings. The Hall–Kier alpha value is -2.73. The van der Waals surface area contributed by atoms with Gasteiger partial charge in [0.15, 0.2) is 18.1 Å². The van der Waals surface area contributed by atoms with E-state index in [9.17, 15) is 9.59 Å². The maximum atomic E-state index is 12.4. The van der Waals surface area contributed by atoms with E-state index in [0.29, 0.717) is 18.1 Å². The van der Waals surface area contributed by atoms with Gasteiger partial charge in [-0.15, -0.1) is 0 Å². The number of esters is 1. The standard InChI is InChI=1S/C21H24ClNO5/c1-5-27-20-17(22)11-16(12-18(20)26-4)21(25)28-13-19(24)23(3)14(2)15-9-7-6-8-10-15/h6-12,14H,5,13H2,1-4H3. The van der Waals surface area contributed by atoms with Gasteiger partial charge in [-0.1, -0.05) is 41.9 Å². The molecule has 0 saturated carbocycles. The Labute approximate surface area is 169 Å². The van der Waals surface area contributed by atoms with Crippen LogP contribution in [0.25, 0.3) is 0 Å². The lowest BCUT2D eigenvalue weighted by Crippen LogP contribution is -2.33. The minimum atomic E-state index is -0.669. The quantitative estimate of drug-likeness (QED) is 0.618. The summed E-state index contributed by atoms with van der Waals surface area (Å²) >= 11 is 6.17. The molecule has 0 aliphatic rings. The Balaban J connectivity index is 2.03. The topological polar surface area (TPSA) is 65.1 Å². The summed E-state index contributed by atoms with van der Waals surface area (Å²) in [5.41, 5.74) is 1.17. The second kappa shape index (κ2) is 9.99. The van der Waals surface area contributed by atoms with Gasteiger partial charge in [0, 0.05) is 7.05 Å². The summed E-state index contributed by atoms with van der Waals surface area (Å²) in [5, 5.41) is 0.231. The molecular formula is C21H24ClNO5. The van der Waals surface area contributed by atoms with Crippen LogP contribution in [0.15, 0.2) is 42.5 Å². The SMILES string of the molecule is CCOc1c(Cl)cc(C(=O)OCC(=O)N(C)C(C)c2ccccc2)cc1OC. The summed E-state index contributed by atoms with van der Waals surface area (Å²) in [6.45, 7) is 3.75. The molecule has 0 bridgehead atoms. The van der Waals surface area contributed by atoms with E-state index in [2.05, 4.69) is 0 Å². The average molecular weight is 406 g/mol. The van der Waals surface area contributed by atoms with Gasteiger partial charge in [-0.05, 0) is 31.5 Å². The van der Waals surface area contributed by atoms with Crippen molar-refractivity contribution in [2.45, 2.75) is 19.9 Å². The predicted molar refractivity (Wildman–Crippen MR) is 107 cm³/mol. The average Bonchev–Trinajstić information content (AvgIpc) is 2.72. The number of hydrogen-bond acceptors (Lipinski definition) is 5. The zero-order chi connectivity index (χ0) is 20.7. The van der Waals surface area contributed by atoms with Crippen LogP contribution in [-0.2, 0) is 9.53 Å². The number of likely N-dealkylation sites (N-methyl/N-ethyl adjacent to an activating group) is 1. The zero-order valence-corrected chi connectivity index (χ0v) is 17.2. The van der Waals surface area contributed by atoms with E-state index in [-0.39, 0.29) is 29.1 Å². The lowest BCUT2D eigenvalue weighted by molar-refractivity contribution is -0.135. The highest BCUT2D eigenvalue weighted by atomic mass is 35.5. The molecule has 0 aliphatic heterocycles. The first kappa shape index (κ1) is 21.6. The summed E-state index contributed by atoms with van der Waals surface area (Å²) in [7, 11) is 3.12. The van der Waals surface area contributed by atoms with E-state index in [1.807, 2.05) is 44.2 Å². The lowest BCUT2D eigenvalue weighted by atomic mass is 10.1. The molecule has 0 aliphatic carbocycles. The summed E-state index contributed by atoms with van der Waals surface area (Å²) in [5.74, 6) is -0.302. The van der Waals surface area contributed by atoms with Crippen LogP contribution in [0.3, 0.4) is 0 Å². The number of carbonyl (C=O) groups is 2. The van der Waals surface area contributed by atoms with E-state index in [0.717, 1.165) is 5.56 Å². The molecule has 0 aromatic heterocycles. The van der Waals surface area contributed by atoms with E-state index in [4.69, 9.17) is 25.8 Å². The maximum absolute atomic E-state index is 12.4. The van der Waals surface area contributed by atoms with Crippen LogP contribution in [-0.4, -0.2) is 44.1 Å². The van der Waals surface area contributed by atoms with Gasteiger partial charge in [0.05, 0.1) is 30.3 Å². The zero-order valence-electron chi connectivity index (χ0n) is 16.4. The number of benzene rings is 2. The molecule has 28 heavy (non-hydrogen) atoms. The molecule has 1 amide bonds. The van der Waals surface area contributed by atoms with Crippen LogP contribution in [0, 0.1) is 0 Å². The molecular weight excluding hydrogens is 382 g/mol. The smallest absolute Gasteiger partial charge is 0.338 e. The molecule has 0 saturated heterocycles. The molecule has 0 radical (unpaired) electrons. The van der Waals surface area contributed by atoms with Gasteiger partial charge in [0.1, 0.15) is 0 Å². The van der Waals surface area contributed by atoms with Crippen molar-refractivity contribution in [2.75, 3.05) is 27.4 Å². The molecule has 1 atom stereocenters. The van der Waals surface area contributed by atoms with Crippen LogP contribution in [0.4, 0.5) is 0 Å². The number of hydrogen-bond donors (Lipinski definition) is 0. The number of methoxy groups -OCH3 is 1. The fraction of sp³-hybridized carbons (Fsp3) is 0.333.